The maximum Gasteiger partial charge on any atom is 0.309 e. The summed E-state index contributed by atoms with van der Waals surface area (Å²) in [7, 11) is 0. The van der Waals surface area contributed by atoms with Crippen molar-refractivity contribution in [3.63, 3.8) is 0 Å². The Hall–Kier alpha value is -0.610. The Morgan fingerprint density at radius 3 is 2.80 bits per heavy atom. The molecule has 0 aromatic heterocycles. The van der Waals surface area contributed by atoms with E-state index in [2.05, 4.69) is 11.8 Å². The van der Waals surface area contributed by atoms with Crippen molar-refractivity contribution in [3.8, 4) is 0 Å². The number of hydrogen-bond acceptors (Lipinski definition) is 3. The first kappa shape index (κ1) is 15.8. The van der Waals surface area contributed by atoms with Gasteiger partial charge >= 0.3 is 5.97 Å². The zero-order valence-corrected chi connectivity index (χ0v) is 13.1. The van der Waals surface area contributed by atoms with Crippen LogP contribution < -0.4 is 0 Å². The summed E-state index contributed by atoms with van der Waals surface area (Å²) in [4.78, 5) is 14.0. The van der Waals surface area contributed by atoms with Gasteiger partial charge in [-0.05, 0) is 58.4 Å². The van der Waals surface area contributed by atoms with Crippen LogP contribution in [0.1, 0.15) is 52.9 Å². The number of nitrogens with zero attached hydrogens (tertiary/aromatic N) is 1. The first-order chi connectivity index (χ1) is 9.45. The molecule has 2 saturated heterocycles. The summed E-state index contributed by atoms with van der Waals surface area (Å²) in [5.74, 6) is -0.403. The van der Waals surface area contributed by atoms with Crippen LogP contribution >= 0.6 is 0 Å². The Labute approximate surface area is 122 Å². The third-order valence-electron chi connectivity index (χ3n) is 5.34. The first-order valence-corrected chi connectivity index (χ1v) is 8.04. The predicted octanol–water partition coefficient (Wildman–Crippen LogP) is 2.77. The summed E-state index contributed by atoms with van der Waals surface area (Å²) in [6, 6.07) is 0.584. The van der Waals surface area contributed by atoms with E-state index in [0.29, 0.717) is 12.1 Å². The smallest absolute Gasteiger partial charge is 0.309 e. The van der Waals surface area contributed by atoms with Crippen molar-refractivity contribution in [2.45, 2.75) is 65.0 Å². The van der Waals surface area contributed by atoms with Crippen LogP contribution in [0, 0.1) is 11.3 Å². The Morgan fingerprint density at radius 1 is 1.40 bits per heavy atom. The summed E-state index contributed by atoms with van der Waals surface area (Å²) in [5, 5.41) is 9.43. The van der Waals surface area contributed by atoms with E-state index in [0.717, 1.165) is 51.8 Å². The molecule has 0 saturated carbocycles. The van der Waals surface area contributed by atoms with E-state index in [1.165, 1.54) is 0 Å². The molecule has 2 aliphatic heterocycles. The van der Waals surface area contributed by atoms with E-state index >= 15 is 0 Å². The second kappa shape index (κ2) is 6.44. The maximum absolute atomic E-state index is 11.5. The maximum atomic E-state index is 11.5. The van der Waals surface area contributed by atoms with Crippen molar-refractivity contribution in [2.24, 2.45) is 11.3 Å². The number of ether oxygens (including phenoxy) is 1. The second-order valence-corrected chi connectivity index (χ2v) is 6.94. The van der Waals surface area contributed by atoms with E-state index in [1.54, 1.807) is 0 Å². The van der Waals surface area contributed by atoms with Crippen LogP contribution in [0.2, 0.25) is 0 Å². The van der Waals surface area contributed by atoms with Gasteiger partial charge in [0.15, 0.2) is 0 Å². The lowest BCUT2D eigenvalue weighted by molar-refractivity contribution is -0.152. The number of hydrogen-bond donors (Lipinski definition) is 1. The van der Waals surface area contributed by atoms with Gasteiger partial charge in [-0.2, -0.15) is 0 Å². The molecule has 4 nitrogen and oxygen atoms in total. The number of carboxylic acid groups (broad SMARTS) is 1. The molecule has 3 atom stereocenters. The number of aliphatic carboxylic acids is 1. The normalized spacial score (nSPS) is 33.0. The molecule has 2 rings (SSSR count). The van der Waals surface area contributed by atoms with E-state index in [-0.39, 0.29) is 5.92 Å². The van der Waals surface area contributed by atoms with E-state index < -0.39 is 11.4 Å². The Morgan fingerprint density at radius 2 is 2.15 bits per heavy atom. The van der Waals surface area contributed by atoms with Gasteiger partial charge in [0.1, 0.15) is 0 Å². The van der Waals surface area contributed by atoms with Crippen molar-refractivity contribution in [3.05, 3.63) is 0 Å². The fourth-order valence-electron chi connectivity index (χ4n) is 3.58. The van der Waals surface area contributed by atoms with Crippen LogP contribution in [-0.2, 0) is 9.53 Å². The van der Waals surface area contributed by atoms with Crippen LogP contribution in [0.15, 0.2) is 0 Å². The summed E-state index contributed by atoms with van der Waals surface area (Å²) in [6.07, 6.45) is 5.83. The summed E-state index contributed by atoms with van der Waals surface area (Å²) in [5.41, 5.74) is -0.617. The highest BCUT2D eigenvalue weighted by Gasteiger charge is 2.40. The Balaban J connectivity index is 1.98. The van der Waals surface area contributed by atoms with E-state index in [1.807, 2.05) is 13.8 Å². The fourth-order valence-corrected chi connectivity index (χ4v) is 3.58. The Bertz CT molecular complexity index is 343. The van der Waals surface area contributed by atoms with Gasteiger partial charge in [-0.15, -0.1) is 0 Å². The van der Waals surface area contributed by atoms with Crippen molar-refractivity contribution in [1.29, 1.82) is 0 Å². The minimum Gasteiger partial charge on any atom is -0.481 e. The molecule has 0 radical (unpaired) electrons. The zero-order valence-electron chi connectivity index (χ0n) is 13.1. The third-order valence-corrected chi connectivity index (χ3v) is 5.34. The number of rotatable bonds is 4. The van der Waals surface area contributed by atoms with Crippen molar-refractivity contribution in [2.75, 3.05) is 19.7 Å². The predicted molar refractivity (Wildman–Crippen MR) is 78.8 cm³/mol. The highest BCUT2D eigenvalue weighted by atomic mass is 16.5. The number of carbonyl (C=O) groups is 1. The molecule has 3 unspecified atom stereocenters. The van der Waals surface area contributed by atoms with Crippen molar-refractivity contribution < 1.29 is 14.6 Å². The quantitative estimate of drug-likeness (QED) is 0.862. The highest BCUT2D eigenvalue weighted by Crippen LogP contribution is 2.36. The summed E-state index contributed by atoms with van der Waals surface area (Å²) >= 11 is 0. The average molecular weight is 283 g/mol. The van der Waals surface area contributed by atoms with Gasteiger partial charge in [-0.1, -0.05) is 6.92 Å². The van der Waals surface area contributed by atoms with E-state index in [9.17, 15) is 9.90 Å². The minimum absolute atomic E-state index is 0.261. The molecular formula is C16H29NO3. The van der Waals surface area contributed by atoms with Gasteiger partial charge in [0.05, 0.1) is 11.5 Å². The lowest BCUT2D eigenvalue weighted by Crippen LogP contribution is -2.50. The van der Waals surface area contributed by atoms with Gasteiger partial charge in [-0.3, -0.25) is 9.69 Å². The Kier molecular flexibility index (Phi) is 5.08. The molecule has 4 heteroatoms. The molecule has 2 aliphatic rings. The second-order valence-electron chi connectivity index (χ2n) is 6.94. The van der Waals surface area contributed by atoms with Crippen LogP contribution in [0.4, 0.5) is 0 Å². The monoisotopic (exact) mass is 283 g/mol. The topological polar surface area (TPSA) is 49.8 Å². The van der Waals surface area contributed by atoms with Crippen LogP contribution in [0.5, 0.6) is 0 Å². The lowest BCUT2D eigenvalue weighted by Gasteiger charge is -2.44. The lowest BCUT2D eigenvalue weighted by atomic mass is 9.74. The molecule has 0 amide bonds. The summed E-state index contributed by atoms with van der Waals surface area (Å²) in [6.45, 7) is 8.84. The zero-order chi connectivity index (χ0) is 14.8. The van der Waals surface area contributed by atoms with Crippen molar-refractivity contribution >= 4 is 5.97 Å². The molecule has 0 aromatic carbocycles. The molecule has 1 N–H and O–H groups in total. The molecule has 2 heterocycles. The third kappa shape index (κ3) is 3.34. The largest absolute Gasteiger partial charge is 0.481 e. The molecule has 2 fully saturated rings. The molecule has 0 aliphatic carbocycles. The minimum atomic E-state index is -0.664. The van der Waals surface area contributed by atoms with Crippen LogP contribution in [0.3, 0.4) is 0 Å². The standard InChI is InChI=1S/C16H29NO3/c1-4-14-10-13(7-9-20-14)17-8-5-6-12(11-17)16(2,3)15(18)19/h12-14H,4-11H2,1-3H3,(H,18,19). The number of likely N-dealkylation sites (tertiary alicyclic amines) is 1. The molecule has 0 spiro atoms. The van der Waals surface area contributed by atoms with Gasteiger partial charge in [0.25, 0.3) is 0 Å². The molecule has 0 aromatic rings. The average Bonchev–Trinajstić information content (AvgIpc) is 2.47. The van der Waals surface area contributed by atoms with Gasteiger partial charge in [0.2, 0.25) is 0 Å². The van der Waals surface area contributed by atoms with Gasteiger partial charge in [0, 0.05) is 19.2 Å². The molecule has 116 valence electrons. The SMILES string of the molecule is CCC1CC(N2CCCC(C(C)(C)C(=O)O)C2)CCO1. The van der Waals surface area contributed by atoms with Crippen LogP contribution in [0.25, 0.3) is 0 Å². The number of piperidine rings is 1. The van der Waals surface area contributed by atoms with Crippen molar-refractivity contribution in [1.82, 2.24) is 4.90 Å². The number of carboxylic acids is 1. The van der Waals surface area contributed by atoms with Gasteiger partial charge in [-0.25, -0.2) is 0 Å². The van der Waals surface area contributed by atoms with Crippen LogP contribution in [-0.4, -0.2) is 47.8 Å². The fraction of sp³-hybridized carbons (Fsp3) is 0.938. The molecule has 20 heavy (non-hydrogen) atoms. The molecular weight excluding hydrogens is 254 g/mol. The van der Waals surface area contributed by atoms with E-state index in [4.69, 9.17) is 4.74 Å². The highest BCUT2D eigenvalue weighted by molar-refractivity contribution is 5.74. The molecule has 0 bridgehead atoms. The van der Waals surface area contributed by atoms with Gasteiger partial charge < -0.3 is 9.84 Å². The first-order valence-electron chi connectivity index (χ1n) is 8.04. The summed E-state index contributed by atoms with van der Waals surface area (Å²) < 4.78 is 5.76.